The lowest BCUT2D eigenvalue weighted by Crippen LogP contribution is -2.15. The summed E-state index contributed by atoms with van der Waals surface area (Å²) >= 11 is 6.20. The number of aryl methyl sites for hydroxylation is 1. The summed E-state index contributed by atoms with van der Waals surface area (Å²) in [4.78, 5) is 2.17. The van der Waals surface area contributed by atoms with Crippen LogP contribution in [-0.2, 0) is 24.3 Å². The van der Waals surface area contributed by atoms with E-state index in [2.05, 4.69) is 47.8 Å². The van der Waals surface area contributed by atoms with Crippen LogP contribution in [0, 0.1) is 0 Å². The molecule has 1 heterocycles. The van der Waals surface area contributed by atoms with Gasteiger partial charge in [0.15, 0.2) is 0 Å². The fourth-order valence-electron chi connectivity index (χ4n) is 2.78. The van der Waals surface area contributed by atoms with Crippen molar-refractivity contribution in [3.8, 4) is 0 Å². The first-order chi connectivity index (χ1) is 12.1. The number of aromatic nitrogens is 2. The number of hydrogen-bond donors (Lipinski definition) is 0. The van der Waals surface area contributed by atoms with Crippen LogP contribution >= 0.6 is 11.6 Å². The third kappa shape index (κ3) is 6.81. The van der Waals surface area contributed by atoms with E-state index in [1.165, 1.54) is 23.2 Å². The van der Waals surface area contributed by atoms with Crippen molar-refractivity contribution < 1.29 is 4.74 Å². The topological polar surface area (TPSA) is 30.3 Å². The first kappa shape index (κ1) is 20.0. The van der Waals surface area contributed by atoms with E-state index in [0.29, 0.717) is 6.61 Å². The monoisotopic (exact) mass is 363 g/mol. The van der Waals surface area contributed by atoms with Crippen LogP contribution in [0.2, 0.25) is 5.02 Å². The molecule has 0 spiro atoms. The summed E-state index contributed by atoms with van der Waals surface area (Å²) in [5.74, 6) is 0. The van der Waals surface area contributed by atoms with E-state index in [1.54, 1.807) is 0 Å². The van der Waals surface area contributed by atoms with E-state index in [9.17, 15) is 0 Å². The Morgan fingerprint density at radius 1 is 1.16 bits per heavy atom. The Bertz CT molecular complexity index is 640. The zero-order valence-corrected chi connectivity index (χ0v) is 16.4. The normalized spacial score (nSPS) is 11.4. The predicted octanol–water partition coefficient (Wildman–Crippen LogP) is 4.40. The van der Waals surface area contributed by atoms with Crippen molar-refractivity contribution in [3.05, 3.63) is 52.3 Å². The quantitative estimate of drug-likeness (QED) is 0.554. The lowest BCUT2D eigenvalue weighted by Gasteiger charge is -2.13. The number of nitrogens with zero attached hydrogens (tertiary/aromatic N) is 3. The zero-order chi connectivity index (χ0) is 18.1. The minimum absolute atomic E-state index is 0.604. The number of unbranched alkanes of at least 4 members (excludes halogenated alkanes) is 1. The van der Waals surface area contributed by atoms with Crippen LogP contribution in [0.3, 0.4) is 0 Å². The molecule has 25 heavy (non-hydrogen) atoms. The van der Waals surface area contributed by atoms with E-state index in [-0.39, 0.29) is 0 Å². The highest BCUT2D eigenvalue weighted by Crippen LogP contribution is 2.20. The summed E-state index contributed by atoms with van der Waals surface area (Å²) in [6.07, 6.45) is 6.10. The van der Waals surface area contributed by atoms with Crippen LogP contribution < -0.4 is 0 Å². The average Bonchev–Trinajstić information content (AvgIpc) is 3.01. The van der Waals surface area contributed by atoms with Gasteiger partial charge in [-0.05, 0) is 62.8 Å². The van der Waals surface area contributed by atoms with E-state index >= 15 is 0 Å². The van der Waals surface area contributed by atoms with Gasteiger partial charge in [0.25, 0.3) is 0 Å². The number of rotatable bonds is 11. The molecule has 0 saturated heterocycles. The fourth-order valence-corrected chi connectivity index (χ4v) is 2.98. The van der Waals surface area contributed by atoms with Gasteiger partial charge in [-0.3, -0.25) is 4.68 Å². The maximum Gasteiger partial charge on any atom is 0.0720 e. The van der Waals surface area contributed by atoms with Crippen molar-refractivity contribution in [3.63, 3.8) is 0 Å². The zero-order valence-electron chi connectivity index (χ0n) is 15.7. The molecule has 2 rings (SSSR count). The van der Waals surface area contributed by atoms with Gasteiger partial charge in [0.1, 0.15) is 0 Å². The predicted molar refractivity (Wildman–Crippen MR) is 104 cm³/mol. The highest BCUT2D eigenvalue weighted by atomic mass is 35.5. The molecule has 1 aromatic carbocycles. The molecule has 0 bridgehead atoms. The fraction of sp³-hybridized carbons (Fsp3) is 0.550. The van der Waals surface area contributed by atoms with E-state index < -0.39 is 0 Å². The summed E-state index contributed by atoms with van der Waals surface area (Å²) in [5, 5.41) is 5.21. The highest BCUT2D eigenvalue weighted by molar-refractivity contribution is 6.30. The van der Waals surface area contributed by atoms with Crippen molar-refractivity contribution in [1.82, 2.24) is 14.7 Å². The second kappa shape index (κ2) is 10.6. The SMILES string of the molecule is CCCCn1nccc1Cc1ccc(Cl)cc1COCCCN(C)C. The molecule has 0 fully saturated rings. The number of benzene rings is 1. The molecule has 0 aliphatic rings. The molecular weight excluding hydrogens is 334 g/mol. The maximum absolute atomic E-state index is 6.20. The summed E-state index contributed by atoms with van der Waals surface area (Å²) < 4.78 is 7.98. The van der Waals surface area contributed by atoms with Crippen LogP contribution in [0.15, 0.2) is 30.5 Å². The molecule has 0 amide bonds. The second-order valence-corrected chi connectivity index (χ2v) is 7.13. The molecule has 0 aliphatic carbocycles. The molecule has 0 unspecified atom stereocenters. The molecule has 0 aliphatic heterocycles. The van der Waals surface area contributed by atoms with Gasteiger partial charge < -0.3 is 9.64 Å². The lowest BCUT2D eigenvalue weighted by atomic mass is 10.0. The summed E-state index contributed by atoms with van der Waals surface area (Å²) in [5.41, 5.74) is 3.67. The Labute approximate surface area is 156 Å². The minimum Gasteiger partial charge on any atom is -0.377 e. The summed E-state index contributed by atoms with van der Waals surface area (Å²) in [6.45, 7) is 5.58. The molecule has 0 atom stereocenters. The van der Waals surface area contributed by atoms with Gasteiger partial charge in [-0.25, -0.2) is 0 Å². The molecule has 0 saturated carbocycles. The van der Waals surface area contributed by atoms with Crippen LogP contribution in [0.25, 0.3) is 0 Å². The van der Waals surface area contributed by atoms with Crippen molar-refractivity contribution in [2.24, 2.45) is 0 Å². The first-order valence-corrected chi connectivity index (χ1v) is 9.48. The molecular formula is C20H30ClN3O. The number of ether oxygens (including phenoxy) is 1. The number of hydrogen-bond acceptors (Lipinski definition) is 3. The van der Waals surface area contributed by atoms with Gasteiger partial charge in [-0.1, -0.05) is 31.0 Å². The maximum atomic E-state index is 6.20. The lowest BCUT2D eigenvalue weighted by molar-refractivity contribution is 0.112. The Balaban J connectivity index is 1.99. The van der Waals surface area contributed by atoms with Gasteiger partial charge in [0.05, 0.1) is 6.61 Å². The van der Waals surface area contributed by atoms with Gasteiger partial charge in [0, 0.05) is 36.5 Å². The molecule has 5 heteroatoms. The average molecular weight is 364 g/mol. The Kier molecular flexibility index (Phi) is 8.45. The molecule has 4 nitrogen and oxygen atoms in total. The van der Waals surface area contributed by atoms with Crippen LogP contribution in [0.5, 0.6) is 0 Å². The van der Waals surface area contributed by atoms with Gasteiger partial charge in [-0.15, -0.1) is 0 Å². The molecule has 138 valence electrons. The third-order valence-corrected chi connectivity index (χ3v) is 4.45. The van der Waals surface area contributed by atoms with Gasteiger partial charge in [-0.2, -0.15) is 5.10 Å². The molecule has 2 aromatic rings. The van der Waals surface area contributed by atoms with Crippen molar-refractivity contribution in [1.29, 1.82) is 0 Å². The smallest absolute Gasteiger partial charge is 0.0720 e. The molecule has 0 radical (unpaired) electrons. The van der Waals surface area contributed by atoms with Crippen LogP contribution in [0.1, 0.15) is 43.0 Å². The Hall–Kier alpha value is -1.36. The number of halogens is 1. The van der Waals surface area contributed by atoms with E-state index in [0.717, 1.165) is 44.0 Å². The van der Waals surface area contributed by atoms with Gasteiger partial charge >= 0.3 is 0 Å². The highest BCUT2D eigenvalue weighted by Gasteiger charge is 2.09. The third-order valence-electron chi connectivity index (χ3n) is 4.22. The summed E-state index contributed by atoms with van der Waals surface area (Å²) in [6, 6.07) is 8.19. The van der Waals surface area contributed by atoms with E-state index in [1.807, 2.05) is 18.3 Å². The standard InChI is InChI=1S/C20H30ClN3O/c1-4-5-12-24-20(9-10-22-24)15-17-7-8-19(21)14-18(17)16-25-13-6-11-23(2)3/h7-10,14H,4-6,11-13,15-16H2,1-3H3. The molecule has 0 N–H and O–H groups in total. The Morgan fingerprint density at radius 3 is 2.76 bits per heavy atom. The Morgan fingerprint density at radius 2 is 2.00 bits per heavy atom. The largest absolute Gasteiger partial charge is 0.377 e. The van der Waals surface area contributed by atoms with Crippen LogP contribution in [0.4, 0.5) is 0 Å². The van der Waals surface area contributed by atoms with Gasteiger partial charge in [0.2, 0.25) is 0 Å². The van der Waals surface area contributed by atoms with Crippen molar-refractivity contribution in [2.75, 3.05) is 27.2 Å². The van der Waals surface area contributed by atoms with E-state index in [4.69, 9.17) is 16.3 Å². The molecule has 1 aromatic heterocycles. The van der Waals surface area contributed by atoms with Crippen LogP contribution in [-0.4, -0.2) is 41.9 Å². The summed E-state index contributed by atoms with van der Waals surface area (Å²) in [7, 11) is 4.16. The van der Waals surface area contributed by atoms with Crippen molar-refractivity contribution in [2.45, 2.75) is 45.8 Å². The van der Waals surface area contributed by atoms with Crippen molar-refractivity contribution >= 4 is 11.6 Å². The first-order valence-electron chi connectivity index (χ1n) is 9.10. The second-order valence-electron chi connectivity index (χ2n) is 6.70. The minimum atomic E-state index is 0.604.